The molecule has 0 aromatic heterocycles. The number of carbonyl (C=O) groups is 1. The maximum Gasteiger partial charge on any atom is 0.322 e. The summed E-state index contributed by atoms with van der Waals surface area (Å²) in [5.74, 6) is -1.56. The molecule has 0 bridgehead atoms. The van der Waals surface area contributed by atoms with Gasteiger partial charge in [0.25, 0.3) is 10.2 Å². The summed E-state index contributed by atoms with van der Waals surface area (Å²) in [7, 11) is -2.44. The molecule has 1 aliphatic heterocycles. The molecule has 1 rings (SSSR count). The minimum atomic E-state index is -3.80. The van der Waals surface area contributed by atoms with Gasteiger partial charge in [0.1, 0.15) is 6.04 Å². The fraction of sp³-hybridized carbons (Fsp3) is 0.800. The SMILES string of the molecule is CC(C#N)CN(C)S(=O)(=O)N1CCC[C@@H]1C(=O)O. The summed E-state index contributed by atoms with van der Waals surface area (Å²) < 4.78 is 26.4. The normalized spacial score (nSPS) is 22.9. The van der Waals surface area contributed by atoms with E-state index in [0.29, 0.717) is 12.8 Å². The van der Waals surface area contributed by atoms with Crippen molar-refractivity contribution in [2.24, 2.45) is 5.92 Å². The minimum Gasteiger partial charge on any atom is -0.480 e. The Hall–Kier alpha value is -1.17. The molecule has 18 heavy (non-hydrogen) atoms. The van der Waals surface area contributed by atoms with Gasteiger partial charge in [0, 0.05) is 20.1 Å². The molecule has 1 heterocycles. The summed E-state index contributed by atoms with van der Waals surface area (Å²) in [5, 5.41) is 17.7. The van der Waals surface area contributed by atoms with Crippen molar-refractivity contribution in [2.45, 2.75) is 25.8 Å². The third kappa shape index (κ3) is 2.98. The number of aliphatic carboxylic acids is 1. The Labute approximate surface area is 107 Å². The summed E-state index contributed by atoms with van der Waals surface area (Å²) in [6.45, 7) is 1.89. The second-order valence-corrected chi connectivity index (χ2v) is 6.41. The van der Waals surface area contributed by atoms with Crippen LogP contribution in [0.25, 0.3) is 0 Å². The predicted octanol–water partition coefficient (Wildman–Crippen LogP) is -0.128. The Kier molecular flexibility index (Phi) is 4.67. The monoisotopic (exact) mass is 275 g/mol. The van der Waals surface area contributed by atoms with Gasteiger partial charge in [-0.15, -0.1) is 0 Å². The Morgan fingerprint density at radius 3 is 2.78 bits per heavy atom. The molecule has 0 aromatic carbocycles. The lowest BCUT2D eigenvalue weighted by Gasteiger charge is -2.27. The van der Waals surface area contributed by atoms with E-state index in [4.69, 9.17) is 10.4 Å². The fourth-order valence-electron chi connectivity index (χ4n) is 1.96. The van der Waals surface area contributed by atoms with Crippen molar-refractivity contribution in [3.8, 4) is 6.07 Å². The highest BCUT2D eigenvalue weighted by molar-refractivity contribution is 7.86. The number of rotatable bonds is 5. The van der Waals surface area contributed by atoms with Crippen molar-refractivity contribution in [1.82, 2.24) is 8.61 Å². The standard InChI is InChI=1S/C10H17N3O4S/c1-8(6-11)7-12(2)18(16,17)13-5-3-4-9(13)10(14)15/h8-9H,3-5,7H2,1-2H3,(H,14,15)/t8?,9-/m1/s1. The van der Waals surface area contributed by atoms with Crippen molar-refractivity contribution < 1.29 is 18.3 Å². The van der Waals surface area contributed by atoms with Crippen LogP contribution in [-0.2, 0) is 15.0 Å². The quantitative estimate of drug-likeness (QED) is 0.753. The van der Waals surface area contributed by atoms with Crippen LogP contribution >= 0.6 is 0 Å². The van der Waals surface area contributed by atoms with Crippen LogP contribution in [0.3, 0.4) is 0 Å². The second-order valence-electron chi connectivity index (χ2n) is 4.43. The number of carboxylic acid groups (broad SMARTS) is 1. The first-order valence-electron chi connectivity index (χ1n) is 5.66. The average molecular weight is 275 g/mol. The maximum absolute atomic E-state index is 12.2. The lowest BCUT2D eigenvalue weighted by molar-refractivity contribution is -0.140. The first-order chi connectivity index (χ1) is 8.30. The van der Waals surface area contributed by atoms with E-state index in [2.05, 4.69) is 0 Å². The highest BCUT2D eigenvalue weighted by atomic mass is 32.2. The van der Waals surface area contributed by atoms with Crippen molar-refractivity contribution >= 4 is 16.2 Å². The van der Waals surface area contributed by atoms with Crippen LogP contribution in [-0.4, -0.2) is 54.3 Å². The number of nitrogens with zero attached hydrogens (tertiary/aromatic N) is 3. The molecule has 102 valence electrons. The molecule has 1 N–H and O–H groups in total. The van der Waals surface area contributed by atoms with Crippen LogP contribution in [0.5, 0.6) is 0 Å². The Bertz CT molecular complexity index is 456. The molecular formula is C10H17N3O4S. The van der Waals surface area contributed by atoms with E-state index < -0.39 is 28.1 Å². The average Bonchev–Trinajstić information content (AvgIpc) is 2.78. The topological polar surface area (TPSA) is 102 Å². The fourth-order valence-corrected chi connectivity index (χ4v) is 3.61. The predicted molar refractivity (Wildman–Crippen MR) is 63.7 cm³/mol. The highest BCUT2D eigenvalue weighted by Crippen LogP contribution is 2.23. The van der Waals surface area contributed by atoms with Gasteiger partial charge in [-0.3, -0.25) is 4.79 Å². The Balaban J connectivity index is 2.86. The van der Waals surface area contributed by atoms with E-state index in [1.807, 2.05) is 6.07 Å². The molecule has 1 fully saturated rings. The number of hydrogen-bond donors (Lipinski definition) is 1. The molecule has 1 saturated heterocycles. The van der Waals surface area contributed by atoms with E-state index in [9.17, 15) is 13.2 Å². The molecule has 0 amide bonds. The molecule has 0 aromatic rings. The van der Waals surface area contributed by atoms with Crippen LogP contribution in [0.2, 0.25) is 0 Å². The molecule has 0 radical (unpaired) electrons. The van der Waals surface area contributed by atoms with Crippen LogP contribution in [0, 0.1) is 17.2 Å². The molecule has 8 heteroatoms. The third-order valence-electron chi connectivity index (χ3n) is 2.93. The zero-order chi connectivity index (χ0) is 13.9. The lowest BCUT2D eigenvalue weighted by Crippen LogP contribution is -2.48. The summed E-state index contributed by atoms with van der Waals surface area (Å²) in [4.78, 5) is 11.0. The molecule has 0 saturated carbocycles. The molecule has 7 nitrogen and oxygen atoms in total. The van der Waals surface area contributed by atoms with Crippen molar-refractivity contribution in [3.63, 3.8) is 0 Å². The maximum atomic E-state index is 12.2. The van der Waals surface area contributed by atoms with Gasteiger partial charge in [0.2, 0.25) is 0 Å². The molecular weight excluding hydrogens is 258 g/mol. The minimum absolute atomic E-state index is 0.0572. The van der Waals surface area contributed by atoms with Gasteiger partial charge in [0.15, 0.2) is 0 Å². The molecule has 1 aliphatic rings. The summed E-state index contributed by atoms with van der Waals surface area (Å²) >= 11 is 0. The van der Waals surface area contributed by atoms with E-state index in [0.717, 1.165) is 8.61 Å². The van der Waals surface area contributed by atoms with Gasteiger partial charge in [-0.1, -0.05) is 0 Å². The van der Waals surface area contributed by atoms with Crippen LogP contribution in [0.15, 0.2) is 0 Å². The molecule has 0 spiro atoms. The van der Waals surface area contributed by atoms with Gasteiger partial charge in [-0.25, -0.2) is 0 Å². The van der Waals surface area contributed by atoms with Gasteiger partial charge in [-0.2, -0.15) is 22.3 Å². The number of nitriles is 1. The van der Waals surface area contributed by atoms with Gasteiger partial charge >= 0.3 is 5.97 Å². The number of carboxylic acids is 1. The molecule has 2 atom stereocenters. The number of hydrogen-bond acceptors (Lipinski definition) is 4. The van der Waals surface area contributed by atoms with Crippen LogP contribution in [0.4, 0.5) is 0 Å². The van der Waals surface area contributed by atoms with E-state index in [1.165, 1.54) is 7.05 Å². The second kappa shape index (κ2) is 5.65. The van der Waals surface area contributed by atoms with Gasteiger partial charge < -0.3 is 5.11 Å². The zero-order valence-corrected chi connectivity index (χ0v) is 11.2. The molecule has 1 unspecified atom stereocenters. The van der Waals surface area contributed by atoms with Crippen molar-refractivity contribution in [3.05, 3.63) is 0 Å². The Morgan fingerprint density at radius 2 is 2.28 bits per heavy atom. The van der Waals surface area contributed by atoms with E-state index in [-0.39, 0.29) is 13.1 Å². The lowest BCUT2D eigenvalue weighted by atomic mass is 10.2. The molecule has 0 aliphatic carbocycles. The summed E-state index contributed by atoms with van der Waals surface area (Å²) in [5.41, 5.74) is 0. The highest BCUT2D eigenvalue weighted by Gasteiger charge is 2.40. The smallest absolute Gasteiger partial charge is 0.322 e. The van der Waals surface area contributed by atoms with Gasteiger partial charge in [0.05, 0.1) is 12.0 Å². The Morgan fingerprint density at radius 1 is 1.67 bits per heavy atom. The van der Waals surface area contributed by atoms with Crippen molar-refractivity contribution in [2.75, 3.05) is 20.1 Å². The third-order valence-corrected chi connectivity index (χ3v) is 4.90. The summed E-state index contributed by atoms with van der Waals surface area (Å²) in [6, 6.07) is 0.961. The first kappa shape index (κ1) is 14.9. The largest absolute Gasteiger partial charge is 0.480 e. The van der Waals surface area contributed by atoms with E-state index in [1.54, 1.807) is 6.92 Å². The first-order valence-corrected chi connectivity index (χ1v) is 7.06. The zero-order valence-electron chi connectivity index (χ0n) is 10.4. The van der Waals surface area contributed by atoms with Crippen molar-refractivity contribution in [1.29, 1.82) is 5.26 Å². The van der Waals surface area contributed by atoms with E-state index >= 15 is 0 Å². The summed E-state index contributed by atoms with van der Waals surface area (Å²) in [6.07, 6.45) is 0.869. The van der Waals surface area contributed by atoms with Gasteiger partial charge in [-0.05, 0) is 19.8 Å². The van der Waals surface area contributed by atoms with Crippen LogP contribution in [0.1, 0.15) is 19.8 Å². The van der Waals surface area contributed by atoms with Crippen LogP contribution < -0.4 is 0 Å².